The number of rotatable bonds is 0. The molecule has 2 heteroatoms. The summed E-state index contributed by atoms with van der Waals surface area (Å²) in [7, 11) is 0. The molecule has 8 heavy (non-hydrogen) atoms. The lowest BCUT2D eigenvalue weighted by Crippen LogP contribution is -1.73. The van der Waals surface area contributed by atoms with Crippen molar-refractivity contribution in [2.75, 3.05) is 0 Å². The zero-order valence-corrected chi connectivity index (χ0v) is 5.21. The molecule has 0 saturated heterocycles. The maximum Gasteiger partial charge on any atom is 0.198 e. The molecule has 0 rings (SSSR count). The molecule has 1 nitrogen and oxygen atoms in total. The topological polar surface area (TPSA) is 17.1 Å². The third kappa shape index (κ3) is 5.14. The van der Waals surface area contributed by atoms with E-state index in [0.29, 0.717) is 0 Å². The summed E-state index contributed by atoms with van der Waals surface area (Å²) >= 11 is 0.913. The minimum atomic E-state index is -0.0345. The minimum Gasteiger partial charge on any atom is -0.287 e. The van der Waals surface area contributed by atoms with Crippen LogP contribution in [0.2, 0.25) is 0 Å². The first-order chi connectivity index (χ1) is 3.77. The molecule has 0 saturated carbocycles. The maximum atomic E-state index is 10.1. The third-order valence-corrected chi connectivity index (χ3v) is 0.810. The van der Waals surface area contributed by atoms with Gasteiger partial charge in [0.05, 0.1) is 0 Å². The molecule has 0 aliphatic carbocycles. The van der Waals surface area contributed by atoms with E-state index in [-0.39, 0.29) is 5.12 Å². The molecule has 0 amide bonds. The van der Waals surface area contributed by atoms with Gasteiger partial charge in [0.25, 0.3) is 0 Å². The standard InChI is InChI=1S/C6H4OS/c1-3-4-5-8-6(2)7/h1H,2H3. The van der Waals surface area contributed by atoms with Gasteiger partial charge in [-0.15, -0.1) is 6.42 Å². The average molecular weight is 124 g/mol. The van der Waals surface area contributed by atoms with E-state index in [9.17, 15) is 4.79 Å². The molecule has 0 aliphatic rings. The van der Waals surface area contributed by atoms with Gasteiger partial charge in [-0.05, 0) is 17.1 Å². The monoisotopic (exact) mass is 124 g/mol. The van der Waals surface area contributed by atoms with Crippen LogP contribution in [0.5, 0.6) is 0 Å². The van der Waals surface area contributed by atoms with Crippen molar-refractivity contribution in [3.8, 4) is 23.5 Å². The second-order valence-electron chi connectivity index (χ2n) is 0.965. The van der Waals surface area contributed by atoms with E-state index in [1.54, 1.807) is 0 Å². The van der Waals surface area contributed by atoms with Crippen molar-refractivity contribution in [1.82, 2.24) is 0 Å². The van der Waals surface area contributed by atoms with Gasteiger partial charge in [0.15, 0.2) is 5.12 Å². The SMILES string of the molecule is C#CC#CSC(C)=O. The molecule has 40 valence electrons. The van der Waals surface area contributed by atoms with Gasteiger partial charge in [-0.2, -0.15) is 0 Å². The molecule has 0 N–H and O–H groups in total. The number of thioether (sulfide) groups is 1. The van der Waals surface area contributed by atoms with Gasteiger partial charge < -0.3 is 0 Å². The van der Waals surface area contributed by atoms with Crippen molar-refractivity contribution in [3.05, 3.63) is 0 Å². The van der Waals surface area contributed by atoms with Crippen LogP contribution in [-0.4, -0.2) is 5.12 Å². The van der Waals surface area contributed by atoms with Crippen LogP contribution < -0.4 is 0 Å². The Morgan fingerprint density at radius 1 is 1.75 bits per heavy atom. The Morgan fingerprint density at radius 3 is 2.75 bits per heavy atom. The molecule has 0 spiro atoms. The molecule has 0 atom stereocenters. The summed E-state index contributed by atoms with van der Waals surface area (Å²) in [5.41, 5.74) is 0. The summed E-state index contributed by atoms with van der Waals surface area (Å²) in [6.07, 6.45) is 4.77. The van der Waals surface area contributed by atoms with Crippen LogP contribution in [0.15, 0.2) is 0 Å². The highest BCUT2D eigenvalue weighted by atomic mass is 32.2. The van der Waals surface area contributed by atoms with Crippen LogP contribution in [0.25, 0.3) is 0 Å². The number of carbonyl (C=O) groups is 1. The van der Waals surface area contributed by atoms with E-state index >= 15 is 0 Å². The van der Waals surface area contributed by atoms with E-state index < -0.39 is 0 Å². The van der Waals surface area contributed by atoms with Crippen molar-refractivity contribution in [2.24, 2.45) is 0 Å². The number of hydrogen-bond acceptors (Lipinski definition) is 2. The van der Waals surface area contributed by atoms with Crippen LogP contribution in [0.1, 0.15) is 6.92 Å². The fourth-order valence-electron chi connectivity index (χ4n) is 0.127. The van der Waals surface area contributed by atoms with Crippen molar-refractivity contribution in [3.63, 3.8) is 0 Å². The molecule has 0 aliphatic heterocycles. The Hall–Kier alpha value is -0.860. The molecule has 0 aromatic heterocycles. The largest absolute Gasteiger partial charge is 0.287 e. The maximum absolute atomic E-state index is 10.1. The Morgan fingerprint density at radius 2 is 2.38 bits per heavy atom. The summed E-state index contributed by atoms with van der Waals surface area (Å²) in [5.74, 6) is 4.39. The second kappa shape index (κ2) is 4.30. The molecule has 0 fully saturated rings. The van der Waals surface area contributed by atoms with E-state index in [1.807, 2.05) is 0 Å². The summed E-state index contributed by atoms with van der Waals surface area (Å²) in [6.45, 7) is 1.44. The number of terminal acetylenes is 1. The zero-order chi connectivity index (χ0) is 6.41. The van der Waals surface area contributed by atoms with Gasteiger partial charge in [0, 0.05) is 18.7 Å². The first-order valence-electron chi connectivity index (χ1n) is 1.90. The number of hydrogen-bond donors (Lipinski definition) is 0. The molecule has 0 unspecified atom stereocenters. The molecular formula is C6H4OS. The quantitative estimate of drug-likeness (QED) is 0.445. The lowest BCUT2D eigenvalue weighted by Gasteiger charge is -1.72. The molecule has 0 bridgehead atoms. The van der Waals surface area contributed by atoms with Gasteiger partial charge in [0.2, 0.25) is 0 Å². The summed E-state index contributed by atoms with van der Waals surface area (Å²) in [5, 5.41) is 2.38. The Kier molecular flexibility index (Phi) is 3.84. The van der Waals surface area contributed by atoms with Gasteiger partial charge in [-0.1, -0.05) is 0 Å². The lowest BCUT2D eigenvalue weighted by atomic mass is 10.7. The molecule has 0 heterocycles. The second-order valence-corrected chi connectivity index (χ2v) is 1.95. The normalized spacial score (nSPS) is 6.00. The molecule has 0 aromatic rings. The summed E-state index contributed by atoms with van der Waals surface area (Å²) in [4.78, 5) is 10.1. The van der Waals surface area contributed by atoms with Crippen LogP contribution >= 0.6 is 11.8 Å². The molecule has 0 aromatic carbocycles. The van der Waals surface area contributed by atoms with Gasteiger partial charge in [-0.25, -0.2) is 0 Å². The average Bonchev–Trinajstić information content (AvgIpc) is 1.66. The van der Waals surface area contributed by atoms with Crippen LogP contribution in [0.3, 0.4) is 0 Å². The summed E-state index contributed by atoms with van der Waals surface area (Å²) < 4.78 is 0. The minimum absolute atomic E-state index is 0.0345. The van der Waals surface area contributed by atoms with Gasteiger partial charge >= 0.3 is 0 Å². The first-order valence-corrected chi connectivity index (χ1v) is 2.72. The van der Waals surface area contributed by atoms with E-state index in [2.05, 4.69) is 17.1 Å². The fraction of sp³-hybridized carbons (Fsp3) is 0.167. The van der Waals surface area contributed by atoms with E-state index in [4.69, 9.17) is 6.42 Å². The van der Waals surface area contributed by atoms with Crippen LogP contribution in [-0.2, 0) is 4.79 Å². The smallest absolute Gasteiger partial charge is 0.198 e. The summed E-state index contributed by atoms with van der Waals surface area (Å²) in [6, 6.07) is 0. The van der Waals surface area contributed by atoms with Gasteiger partial charge in [-0.3, -0.25) is 4.79 Å². The van der Waals surface area contributed by atoms with E-state index in [1.165, 1.54) is 6.92 Å². The van der Waals surface area contributed by atoms with Crippen LogP contribution in [0.4, 0.5) is 0 Å². The number of carbonyl (C=O) groups excluding carboxylic acids is 1. The highest BCUT2D eigenvalue weighted by molar-refractivity contribution is 8.17. The Labute approximate surface area is 52.8 Å². The van der Waals surface area contributed by atoms with Gasteiger partial charge in [0.1, 0.15) is 0 Å². The fourth-order valence-corrected chi connectivity index (χ4v) is 0.381. The molecule has 0 radical (unpaired) electrons. The zero-order valence-electron chi connectivity index (χ0n) is 4.39. The van der Waals surface area contributed by atoms with E-state index in [0.717, 1.165) is 11.8 Å². The van der Waals surface area contributed by atoms with Crippen LogP contribution in [0, 0.1) is 23.5 Å². The Balaban J connectivity index is 3.48. The van der Waals surface area contributed by atoms with Crippen molar-refractivity contribution < 1.29 is 4.79 Å². The van der Waals surface area contributed by atoms with Crippen molar-refractivity contribution >= 4 is 16.9 Å². The molecular weight excluding hydrogens is 120 g/mol. The Bertz CT molecular complexity index is 177. The third-order valence-electron chi connectivity index (χ3n) is 0.318. The predicted octanol–water partition coefficient (Wildman–Crippen LogP) is 0.860. The predicted molar refractivity (Wildman–Crippen MR) is 34.9 cm³/mol. The first kappa shape index (κ1) is 7.14. The lowest BCUT2D eigenvalue weighted by molar-refractivity contribution is -0.109. The van der Waals surface area contributed by atoms with Crippen molar-refractivity contribution in [2.45, 2.75) is 6.92 Å². The highest BCUT2D eigenvalue weighted by Crippen LogP contribution is 1.94. The van der Waals surface area contributed by atoms with Crippen molar-refractivity contribution in [1.29, 1.82) is 0 Å². The highest BCUT2D eigenvalue weighted by Gasteiger charge is 1.83.